The van der Waals surface area contributed by atoms with E-state index in [9.17, 15) is 9.18 Å². The number of rotatable bonds is 3. The molecule has 3 aromatic rings. The van der Waals surface area contributed by atoms with Crippen LogP contribution in [0.4, 0.5) is 10.2 Å². The third kappa shape index (κ3) is 3.25. The van der Waals surface area contributed by atoms with E-state index in [2.05, 4.69) is 15.4 Å². The Kier molecular flexibility index (Phi) is 4.30. The molecule has 6 nitrogen and oxygen atoms in total. The molecular formula is C18H14ClFN4O2. The first kappa shape index (κ1) is 16.5. The first-order chi connectivity index (χ1) is 12.6. The average molecular weight is 373 g/mol. The lowest BCUT2D eigenvalue weighted by Gasteiger charge is -2.24. The number of anilines is 1. The number of benzene rings is 1. The van der Waals surface area contributed by atoms with E-state index in [4.69, 9.17) is 16.3 Å². The van der Waals surface area contributed by atoms with Crippen LogP contribution in [0.1, 0.15) is 5.56 Å². The second-order valence-corrected chi connectivity index (χ2v) is 6.31. The number of pyridine rings is 1. The van der Waals surface area contributed by atoms with E-state index in [1.54, 1.807) is 36.7 Å². The molecule has 0 saturated heterocycles. The van der Waals surface area contributed by atoms with Gasteiger partial charge in [-0.2, -0.15) is 0 Å². The van der Waals surface area contributed by atoms with E-state index in [0.29, 0.717) is 34.4 Å². The summed E-state index contributed by atoms with van der Waals surface area (Å²) in [6.45, 7) is 0.233. The molecule has 1 unspecified atom stereocenters. The number of fused-ring (bicyclic) bond motifs is 1. The van der Waals surface area contributed by atoms with Gasteiger partial charge in [-0.3, -0.25) is 4.79 Å². The lowest BCUT2D eigenvalue weighted by Crippen LogP contribution is -2.32. The number of carbonyl (C=O) groups is 1. The fourth-order valence-corrected chi connectivity index (χ4v) is 3.02. The van der Waals surface area contributed by atoms with Crippen molar-refractivity contribution in [2.45, 2.75) is 6.42 Å². The van der Waals surface area contributed by atoms with E-state index < -0.39 is 5.92 Å². The summed E-state index contributed by atoms with van der Waals surface area (Å²) in [4.78, 5) is 16.7. The number of carbonyl (C=O) groups excluding carboxylic acids is 1. The summed E-state index contributed by atoms with van der Waals surface area (Å²) < 4.78 is 20.4. The van der Waals surface area contributed by atoms with Gasteiger partial charge in [-0.25, -0.2) is 14.1 Å². The van der Waals surface area contributed by atoms with Crippen LogP contribution >= 0.6 is 11.6 Å². The highest BCUT2D eigenvalue weighted by atomic mass is 35.5. The summed E-state index contributed by atoms with van der Waals surface area (Å²) in [5, 5.41) is 7.47. The van der Waals surface area contributed by atoms with Crippen molar-refractivity contribution in [3.8, 4) is 11.6 Å². The minimum absolute atomic E-state index is 0.233. The number of halogens is 2. The zero-order chi connectivity index (χ0) is 18.1. The van der Waals surface area contributed by atoms with E-state index in [0.717, 1.165) is 0 Å². The van der Waals surface area contributed by atoms with Gasteiger partial charge in [0.25, 0.3) is 0 Å². The van der Waals surface area contributed by atoms with Crippen molar-refractivity contribution in [1.82, 2.24) is 14.8 Å². The molecule has 1 amide bonds. The number of aromatic nitrogens is 3. The second kappa shape index (κ2) is 6.76. The third-order valence-corrected chi connectivity index (χ3v) is 4.39. The molecule has 8 heteroatoms. The third-order valence-electron chi connectivity index (χ3n) is 4.10. The van der Waals surface area contributed by atoms with E-state index in [-0.39, 0.29) is 18.3 Å². The molecule has 0 saturated carbocycles. The highest BCUT2D eigenvalue weighted by molar-refractivity contribution is 6.32. The van der Waals surface area contributed by atoms with Crippen molar-refractivity contribution in [2.24, 2.45) is 5.92 Å². The van der Waals surface area contributed by atoms with E-state index in [1.807, 2.05) is 0 Å². The quantitative estimate of drug-likeness (QED) is 0.766. The predicted octanol–water partition coefficient (Wildman–Crippen LogP) is 3.25. The molecule has 2 aromatic heterocycles. The van der Waals surface area contributed by atoms with Gasteiger partial charge in [0.1, 0.15) is 18.2 Å². The van der Waals surface area contributed by atoms with Crippen LogP contribution in [0.15, 0.2) is 48.8 Å². The first-order valence-corrected chi connectivity index (χ1v) is 8.36. The summed E-state index contributed by atoms with van der Waals surface area (Å²) in [7, 11) is 0. The maximum absolute atomic E-state index is 13.4. The molecule has 1 aliphatic heterocycles. The molecule has 1 aliphatic rings. The minimum atomic E-state index is -0.423. The standard InChI is InChI=1S/C18H14ClFN4O2/c19-14-2-1-6-21-17(14)24-7-5-16(23-24)22-18(25)12-8-11-9-13(20)3-4-15(11)26-10-12/h1-7,9,12H,8,10H2,(H,22,23,25). The van der Waals surface area contributed by atoms with Crippen molar-refractivity contribution in [1.29, 1.82) is 0 Å². The highest BCUT2D eigenvalue weighted by Gasteiger charge is 2.27. The topological polar surface area (TPSA) is 69.0 Å². The molecule has 1 atom stereocenters. The fourth-order valence-electron chi connectivity index (χ4n) is 2.81. The van der Waals surface area contributed by atoms with Crippen LogP contribution in [-0.4, -0.2) is 27.3 Å². The van der Waals surface area contributed by atoms with Gasteiger partial charge in [0.05, 0.1) is 10.9 Å². The van der Waals surface area contributed by atoms with E-state index in [1.165, 1.54) is 16.8 Å². The van der Waals surface area contributed by atoms with Gasteiger partial charge >= 0.3 is 0 Å². The zero-order valence-electron chi connectivity index (χ0n) is 13.5. The number of nitrogens with zero attached hydrogens (tertiary/aromatic N) is 3. The van der Waals surface area contributed by atoms with Crippen LogP contribution in [0.5, 0.6) is 5.75 Å². The maximum Gasteiger partial charge on any atom is 0.232 e. The molecule has 4 rings (SSSR count). The van der Waals surface area contributed by atoms with Crippen LogP contribution in [0.3, 0.4) is 0 Å². The van der Waals surface area contributed by atoms with Crippen molar-refractivity contribution in [3.05, 3.63) is 65.2 Å². The van der Waals surface area contributed by atoms with Gasteiger partial charge in [0.15, 0.2) is 11.6 Å². The normalized spacial score (nSPS) is 15.8. The summed E-state index contributed by atoms with van der Waals surface area (Å²) in [6, 6.07) is 9.40. The summed E-state index contributed by atoms with van der Waals surface area (Å²) >= 11 is 6.10. The number of hydrogen-bond acceptors (Lipinski definition) is 4. The minimum Gasteiger partial charge on any atom is -0.492 e. The summed E-state index contributed by atoms with van der Waals surface area (Å²) in [5.74, 6) is 0.455. The Labute approximate surface area is 153 Å². The molecule has 1 N–H and O–H groups in total. The molecule has 0 aliphatic carbocycles. The van der Waals surface area contributed by atoms with Crippen molar-refractivity contribution in [3.63, 3.8) is 0 Å². The highest BCUT2D eigenvalue weighted by Crippen LogP contribution is 2.28. The monoisotopic (exact) mass is 372 g/mol. The van der Waals surface area contributed by atoms with Crippen LogP contribution in [0.2, 0.25) is 5.02 Å². The Hall–Kier alpha value is -2.93. The Balaban J connectivity index is 1.47. The van der Waals surface area contributed by atoms with Gasteiger partial charge in [-0.15, -0.1) is 5.10 Å². The Morgan fingerprint density at radius 2 is 2.23 bits per heavy atom. The Morgan fingerprint density at radius 3 is 3.08 bits per heavy atom. The van der Waals surface area contributed by atoms with E-state index >= 15 is 0 Å². The summed E-state index contributed by atoms with van der Waals surface area (Å²) in [6.07, 6.45) is 3.68. The van der Waals surface area contributed by atoms with Crippen LogP contribution in [0.25, 0.3) is 5.82 Å². The predicted molar refractivity (Wildman–Crippen MR) is 94.1 cm³/mol. The smallest absolute Gasteiger partial charge is 0.232 e. The largest absolute Gasteiger partial charge is 0.492 e. The first-order valence-electron chi connectivity index (χ1n) is 7.99. The molecule has 3 heterocycles. The Morgan fingerprint density at radius 1 is 1.35 bits per heavy atom. The molecule has 0 bridgehead atoms. The molecule has 0 spiro atoms. The van der Waals surface area contributed by atoms with Crippen molar-refractivity contribution in [2.75, 3.05) is 11.9 Å². The van der Waals surface area contributed by atoms with Gasteiger partial charge in [0, 0.05) is 18.5 Å². The maximum atomic E-state index is 13.4. The number of nitrogens with one attached hydrogen (secondary N) is 1. The Bertz CT molecular complexity index is 975. The van der Waals surface area contributed by atoms with Gasteiger partial charge in [-0.05, 0) is 42.3 Å². The molecule has 1 aromatic carbocycles. The molecule has 26 heavy (non-hydrogen) atoms. The fraction of sp³-hybridized carbons (Fsp3) is 0.167. The average Bonchev–Trinajstić information content (AvgIpc) is 3.09. The lowest BCUT2D eigenvalue weighted by atomic mass is 9.96. The van der Waals surface area contributed by atoms with Crippen LogP contribution < -0.4 is 10.1 Å². The zero-order valence-corrected chi connectivity index (χ0v) is 14.3. The van der Waals surface area contributed by atoms with Gasteiger partial charge in [-0.1, -0.05) is 11.6 Å². The van der Waals surface area contributed by atoms with Crippen molar-refractivity contribution >= 4 is 23.3 Å². The molecule has 0 fully saturated rings. The lowest BCUT2D eigenvalue weighted by molar-refractivity contribution is -0.121. The molecule has 132 valence electrons. The van der Waals surface area contributed by atoms with Crippen molar-refractivity contribution < 1.29 is 13.9 Å². The molecule has 0 radical (unpaired) electrons. The van der Waals surface area contributed by atoms with Crippen LogP contribution in [0, 0.1) is 11.7 Å². The number of hydrogen-bond donors (Lipinski definition) is 1. The second-order valence-electron chi connectivity index (χ2n) is 5.91. The number of ether oxygens (including phenoxy) is 1. The molecular weight excluding hydrogens is 359 g/mol. The number of amides is 1. The van der Waals surface area contributed by atoms with Crippen LogP contribution in [-0.2, 0) is 11.2 Å². The SMILES string of the molecule is O=C(Nc1ccn(-c2ncccc2Cl)n1)C1COc2ccc(F)cc2C1. The summed E-state index contributed by atoms with van der Waals surface area (Å²) in [5.41, 5.74) is 0.683. The van der Waals surface area contributed by atoms with Gasteiger partial charge in [0.2, 0.25) is 5.91 Å². The van der Waals surface area contributed by atoms with Gasteiger partial charge < -0.3 is 10.1 Å².